The fourth-order valence-corrected chi connectivity index (χ4v) is 5.12. The first kappa shape index (κ1) is 19.4. The number of hydrogen-bond donors (Lipinski definition) is 2. The van der Waals surface area contributed by atoms with Gasteiger partial charge in [0.05, 0.1) is 16.9 Å². The van der Waals surface area contributed by atoms with E-state index in [4.69, 9.17) is 4.74 Å². The molecule has 0 bridgehead atoms. The highest BCUT2D eigenvalue weighted by molar-refractivity contribution is 7.99. The third-order valence-corrected chi connectivity index (χ3v) is 6.47. The van der Waals surface area contributed by atoms with Crippen LogP contribution < -0.4 is 10.9 Å². The van der Waals surface area contributed by atoms with E-state index < -0.39 is 0 Å². The van der Waals surface area contributed by atoms with E-state index in [2.05, 4.69) is 15.3 Å². The van der Waals surface area contributed by atoms with Crippen molar-refractivity contribution in [2.75, 3.05) is 25.5 Å². The van der Waals surface area contributed by atoms with Gasteiger partial charge in [-0.3, -0.25) is 9.59 Å². The van der Waals surface area contributed by atoms with Crippen molar-refractivity contribution in [1.82, 2.24) is 15.3 Å². The fraction of sp³-hybridized carbons (Fsp3) is 0.611. The maximum atomic E-state index is 12.5. The minimum absolute atomic E-state index is 0.00140. The minimum atomic E-state index is -0.0367. The molecule has 0 aliphatic heterocycles. The summed E-state index contributed by atoms with van der Waals surface area (Å²) in [6.07, 6.45) is 5.20. The van der Waals surface area contributed by atoms with Crippen molar-refractivity contribution >= 4 is 39.2 Å². The predicted molar refractivity (Wildman–Crippen MR) is 107 cm³/mol. The van der Waals surface area contributed by atoms with Gasteiger partial charge in [-0.15, -0.1) is 23.1 Å². The summed E-state index contributed by atoms with van der Waals surface area (Å²) in [6, 6.07) is 0. The molecule has 1 aliphatic rings. The van der Waals surface area contributed by atoms with Gasteiger partial charge in [-0.25, -0.2) is 4.98 Å². The predicted octanol–water partition coefficient (Wildman–Crippen LogP) is 2.64. The number of fused-ring (bicyclic) bond motifs is 3. The number of rotatable bonds is 9. The van der Waals surface area contributed by atoms with Crippen molar-refractivity contribution in [3.05, 3.63) is 26.6 Å². The van der Waals surface area contributed by atoms with Gasteiger partial charge < -0.3 is 15.0 Å². The monoisotopic (exact) mass is 395 g/mol. The molecule has 0 aromatic carbocycles. The Morgan fingerprint density at radius 3 is 3.08 bits per heavy atom. The molecular weight excluding hydrogens is 370 g/mol. The molecule has 1 aliphatic carbocycles. The average Bonchev–Trinajstić information content (AvgIpc) is 3.00. The van der Waals surface area contributed by atoms with Crippen LogP contribution in [0.3, 0.4) is 0 Å². The van der Waals surface area contributed by atoms with Crippen LogP contribution in [0.4, 0.5) is 0 Å². The summed E-state index contributed by atoms with van der Waals surface area (Å²) in [6.45, 7) is 3.95. The average molecular weight is 396 g/mol. The Morgan fingerprint density at radius 1 is 1.38 bits per heavy atom. The summed E-state index contributed by atoms with van der Waals surface area (Å²) in [4.78, 5) is 34.0. The van der Waals surface area contributed by atoms with Crippen molar-refractivity contribution in [1.29, 1.82) is 0 Å². The van der Waals surface area contributed by atoms with Gasteiger partial charge in [0.1, 0.15) is 10.7 Å². The van der Waals surface area contributed by atoms with Crippen LogP contribution in [0.15, 0.2) is 4.79 Å². The van der Waals surface area contributed by atoms with Crippen molar-refractivity contribution in [2.24, 2.45) is 0 Å². The summed E-state index contributed by atoms with van der Waals surface area (Å²) in [5.41, 5.74) is 1.17. The van der Waals surface area contributed by atoms with Gasteiger partial charge in [-0.2, -0.15) is 0 Å². The first-order chi connectivity index (χ1) is 12.7. The van der Waals surface area contributed by atoms with Gasteiger partial charge in [-0.1, -0.05) is 0 Å². The number of hydrogen-bond acceptors (Lipinski definition) is 6. The molecule has 0 unspecified atom stereocenters. The molecule has 3 rings (SSSR count). The van der Waals surface area contributed by atoms with Gasteiger partial charge in [-0.05, 0) is 44.6 Å². The van der Waals surface area contributed by atoms with Crippen LogP contribution in [0.2, 0.25) is 0 Å². The third kappa shape index (κ3) is 4.86. The topological polar surface area (TPSA) is 84.1 Å². The molecule has 8 heteroatoms. The number of carbonyl (C=O) groups excluding carboxylic acids is 1. The van der Waals surface area contributed by atoms with E-state index in [0.29, 0.717) is 37.1 Å². The molecule has 1 amide bonds. The summed E-state index contributed by atoms with van der Waals surface area (Å²) in [5.74, 6) is 1.54. The molecule has 0 atom stereocenters. The van der Waals surface area contributed by atoms with E-state index in [1.165, 1.54) is 28.6 Å². The van der Waals surface area contributed by atoms with Crippen molar-refractivity contribution in [3.63, 3.8) is 0 Å². The summed E-state index contributed by atoms with van der Waals surface area (Å²) >= 11 is 3.12. The number of aromatic nitrogens is 2. The Hall–Kier alpha value is -1.38. The number of carbonyl (C=O) groups is 1. The molecule has 0 saturated carbocycles. The smallest absolute Gasteiger partial charge is 0.259 e. The van der Waals surface area contributed by atoms with Crippen LogP contribution in [0.5, 0.6) is 0 Å². The number of thiophene rings is 1. The molecule has 2 aromatic rings. The first-order valence-electron chi connectivity index (χ1n) is 9.14. The molecule has 0 saturated heterocycles. The molecule has 6 nitrogen and oxygen atoms in total. The number of nitrogens with one attached hydrogen (secondary N) is 2. The molecule has 26 heavy (non-hydrogen) atoms. The van der Waals surface area contributed by atoms with E-state index in [9.17, 15) is 9.59 Å². The van der Waals surface area contributed by atoms with Crippen molar-refractivity contribution in [2.45, 2.75) is 44.8 Å². The van der Waals surface area contributed by atoms with Gasteiger partial charge in [0, 0.05) is 24.6 Å². The zero-order valence-electron chi connectivity index (χ0n) is 15.1. The fourth-order valence-electron chi connectivity index (χ4n) is 3.11. The SMILES string of the molecule is CCOCCCNC(=O)CSCc1nc2sc3c(c2c(=O)[nH]1)CCCC3. The number of aryl methyl sites for hydroxylation is 2. The first-order valence-corrected chi connectivity index (χ1v) is 11.1. The van der Waals surface area contributed by atoms with E-state index in [1.807, 2.05) is 6.92 Å². The molecule has 0 fully saturated rings. The quantitative estimate of drug-likeness (QED) is 0.638. The Morgan fingerprint density at radius 2 is 2.23 bits per heavy atom. The number of ether oxygens (including phenoxy) is 1. The van der Waals surface area contributed by atoms with E-state index >= 15 is 0 Å². The van der Waals surface area contributed by atoms with Crippen LogP contribution in [0, 0.1) is 0 Å². The number of aromatic amines is 1. The molecule has 2 N–H and O–H groups in total. The highest BCUT2D eigenvalue weighted by Gasteiger charge is 2.19. The lowest BCUT2D eigenvalue weighted by Gasteiger charge is -2.09. The number of H-pyrrole nitrogens is 1. The maximum absolute atomic E-state index is 12.5. The van der Waals surface area contributed by atoms with Crippen LogP contribution in [0.1, 0.15) is 42.5 Å². The molecule has 0 radical (unpaired) electrons. The zero-order chi connectivity index (χ0) is 18.4. The normalized spacial score (nSPS) is 13.7. The highest BCUT2D eigenvalue weighted by atomic mass is 32.2. The lowest BCUT2D eigenvalue weighted by Crippen LogP contribution is -2.27. The second-order valence-corrected chi connectivity index (χ2v) is 8.37. The Kier molecular flexibility index (Phi) is 7.10. The minimum Gasteiger partial charge on any atom is -0.382 e. The largest absolute Gasteiger partial charge is 0.382 e. The van der Waals surface area contributed by atoms with Crippen LogP contribution in [-0.4, -0.2) is 41.4 Å². The lowest BCUT2D eigenvalue weighted by atomic mass is 9.97. The van der Waals surface area contributed by atoms with Crippen LogP contribution in [-0.2, 0) is 28.1 Å². The molecule has 0 spiro atoms. The molecule has 142 valence electrons. The third-order valence-electron chi connectivity index (χ3n) is 4.34. The van der Waals surface area contributed by atoms with E-state index in [1.54, 1.807) is 11.3 Å². The van der Waals surface area contributed by atoms with E-state index in [-0.39, 0.29) is 11.5 Å². The molecule has 2 heterocycles. The van der Waals surface area contributed by atoms with Gasteiger partial charge in [0.15, 0.2) is 0 Å². The molecular formula is C18H25N3O3S2. The Balaban J connectivity index is 1.52. The summed E-state index contributed by atoms with van der Waals surface area (Å²) < 4.78 is 5.23. The summed E-state index contributed by atoms with van der Waals surface area (Å²) in [7, 11) is 0. The zero-order valence-corrected chi connectivity index (χ0v) is 16.7. The number of amides is 1. The van der Waals surface area contributed by atoms with Crippen LogP contribution >= 0.6 is 23.1 Å². The van der Waals surface area contributed by atoms with Gasteiger partial charge in [0.25, 0.3) is 5.56 Å². The number of nitrogens with zero attached hydrogens (tertiary/aromatic N) is 1. The Labute approximate surface area is 161 Å². The Bertz CT molecular complexity index is 816. The van der Waals surface area contributed by atoms with Gasteiger partial charge >= 0.3 is 0 Å². The second kappa shape index (κ2) is 9.53. The van der Waals surface area contributed by atoms with Crippen molar-refractivity contribution < 1.29 is 9.53 Å². The summed E-state index contributed by atoms with van der Waals surface area (Å²) in [5, 5.41) is 3.65. The van der Waals surface area contributed by atoms with Crippen molar-refractivity contribution in [3.8, 4) is 0 Å². The molecule has 2 aromatic heterocycles. The van der Waals surface area contributed by atoms with Gasteiger partial charge in [0.2, 0.25) is 5.91 Å². The van der Waals surface area contributed by atoms with E-state index in [0.717, 1.165) is 35.9 Å². The highest BCUT2D eigenvalue weighted by Crippen LogP contribution is 2.33. The van der Waals surface area contributed by atoms with Crippen LogP contribution in [0.25, 0.3) is 10.2 Å². The second-order valence-electron chi connectivity index (χ2n) is 6.30. The maximum Gasteiger partial charge on any atom is 0.259 e. The standard InChI is InChI=1S/C18H25N3O3S2/c1-2-24-9-5-8-19-15(22)11-25-10-14-20-17(23)16-12-6-3-4-7-13(12)26-18(16)21-14/h2-11H2,1H3,(H,19,22)(H,20,21,23). The lowest BCUT2D eigenvalue weighted by molar-refractivity contribution is -0.118. The number of thioether (sulfide) groups is 1.